The Morgan fingerprint density at radius 3 is 2.41 bits per heavy atom. The van der Waals surface area contributed by atoms with Crippen molar-refractivity contribution in [3.05, 3.63) is 71.4 Å². The molecule has 5 heteroatoms. The maximum atomic E-state index is 12.8. The van der Waals surface area contributed by atoms with Crippen LogP contribution in [0.4, 0.5) is 0 Å². The normalized spacial score (nSPS) is 12.6. The minimum atomic E-state index is -0.760. The molecule has 3 rings (SSSR count). The standard InChI is InChI=1S/C24H28N2O3/c1-5-29-23(28)21(14-17-15-25-20-9-7-6-8-19(17)20)26-22(27)16-10-12-18(13-11-16)24(2,3)4/h6-13,15,21,25H,5,14H2,1-4H3,(H,26,27)/t21-/m0/s1. The van der Waals surface area contributed by atoms with Crippen molar-refractivity contribution >= 4 is 22.8 Å². The van der Waals surface area contributed by atoms with E-state index in [4.69, 9.17) is 4.74 Å². The number of carbonyl (C=O) groups is 2. The lowest BCUT2D eigenvalue weighted by Gasteiger charge is -2.20. The Balaban J connectivity index is 1.80. The molecule has 0 saturated heterocycles. The molecular formula is C24H28N2O3. The SMILES string of the molecule is CCOC(=O)[C@H](Cc1c[nH]c2ccccc12)NC(=O)c1ccc(C(C)(C)C)cc1. The van der Waals surface area contributed by atoms with Crippen LogP contribution in [0.25, 0.3) is 10.9 Å². The fraction of sp³-hybridized carbons (Fsp3) is 0.333. The molecule has 1 heterocycles. The van der Waals surface area contributed by atoms with Gasteiger partial charge in [0.05, 0.1) is 6.61 Å². The first-order valence-electron chi connectivity index (χ1n) is 9.92. The summed E-state index contributed by atoms with van der Waals surface area (Å²) >= 11 is 0. The van der Waals surface area contributed by atoms with Crippen LogP contribution in [0.5, 0.6) is 0 Å². The van der Waals surface area contributed by atoms with Crippen molar-refractivity contribution in [3.63, 3.8) is 0 Å². The maximum Gasteiger partial charge on any atom is 0.328 e. The first kappa shape index (κ1) is 20.6. The highest BCUT2D eigenvalue weighted by molar-refractivity contribution is 5.97. The zero-order valence-electron chi connectivity index (χ0n) is 17.4. The summed E-state index contributed by atoms with van der Waals surface area (Å²) in [7, 11) is 0. The molecule has 29 heavy (non-hydrogen) atoms. The zero-order chi connectivity index (χ0) is 21.0. The van der Waals surface area contributed by atoms with Crippen molar-refractivity contribution in [2.75, 3.05) is 6.61 Å². The van der Waals surface area contributed by atoms with E-state index in [0.29, 0.717) is 12.0 Å². The van der Waals surface area contributed by atoms with E-state index in [2.05, 4.69) is 31.1 Å². The quantitative estimate of drug-likeness (QED) is 0.612. The third kappa shape index (κ3) is 4.86. The molecule has 2 aromatic carbocycles. The predicted molar refractivity (Wildman–Crippen MR) is 115 cm³/mol. The second kappa shape index (κ2) is 8.52. The number of esters is 1. The highest BCUT2D eigenvalue weighted by atomic mass is 16.5. The Kier molecular flexibility index (Phi) is 6.06. The zero-order valence-corrected chi connectivity index (χ0v) is 17.4. The van der Waals surface area contributed by atoms with Gasteiger partial charge in [0.25, 0.3) is 5.91 Å². The van der Waals surface area contributed by atoms with Crippen molar-refractivity contribution < 1.29 is 14.3 Å². The number of fused-ring (bicyclic) bond motifs is 1. The molecule has 0 unspecified atom stereocenters. The van der Waals surface area contributed by atoms with Gasteiger partial charge < -0.3 is 15.0 Å². The van der Waals surface area contributed by atoms with Gasteiger partial charge in [-0.3, -0.25) is 4.79 Å². The third-order valence-corrected chi connectivity index (χ3v) is 4.99. The summed E-state index contributed by atoms with van der Waals surface area (Å²) in [5.41, 5.74) is 3.63. The average molecular weight is 392 g/mol. The summed E-state index contributed by atoms with van der Waals surface area (Å²) in [4.78, 5) is 28.5. The van der Waals surface area contributed by atoms with E-state index < -0.39 is 12.0 Å². The molecule has 0 fully saturated rings. The number of ether oxygens (including phenoxy) is 1. The largest absolute Gasteiger partial charge is 0.464 e. The minimum Gasteiger partial charge on any atom is -0.464 e. The molecular weight excluding hydrogens is 364 g/mol. The summed E-state index contributed by atoms with van der Waals surface area (Å²) in [5, 5.41) is 3.88. The number of amides is 1. The number of nitrogens with one attached hydrogen (secondary N) is 2. The third-order valence-electron chi connectivity index (χ3n) is 4.99. The monoisotopic (exact) mass is 392 g/mol. The molecule has 1 aromatic heterocycles. The topological polar surface area (TPSA) is 71.2 Å². The van der Waals surface area contributed by atoms with Crippen molar-refractivity contribution in [2.24, 2.45) is 0 Å². The molecule has 0 bridgehead atoms. The van der Waals surface area contributed by atoms with Crippen molar-refractivity contribution in [1.82, 2.24) is 10.3 Å². The summed E-state index contributed by atoms with van der Waals surface area (Å²) in [5.74, 6) is -0.721. The van der Waals surface area contributed by atoms with E-state index in [1.54, 1.807) is 19.1 Å². The average Bonchev–Trinajstić information content (AvgIpc) is 3.10. The van der Waals surface area contributed by atoms with Gasteiger partial charge in [-0.1, -0.05) is 51.1 Å². The number of para-hydroxylation sites is 1. The Morgan fingerprint density at radius 1 is 1.07 bits per heavy atom. The number of hydrogen-bond donors (Lipinski definition) is 2. The number of H-pyrrole nitrogens is 1. The number of hydrogen-bond acceptors (Lipinski definition) is 3. The lowest BCUT2D eigenvalue weighted by atomic mass is 9.86. The van der Waals surface area contributed by atoms with Gasteiger partial charge in [0, 0.05) is 29.1 Å². The van der Waals surface area contributed by atoms with E-state index in [0.717, 1.165) is 22.0 Å². The van der Waals surface area contributed by atoms with Crippen LogP contribution in [-0.4, -0.2) is 29.5 Å². The molecule has 0 aliphatic carbocycles. The molecule has 152 valence electrons. The molecule has 1 atom stereocenters. The van der Waals surface area contributed by atoms with Crippen molar-refractivity contribution in [1.29, 1.82) is 0 Å². The summed E-state index contributed by atoms with van der Waals surface area (Å²) in [6.07, 6.45) is 2.23. The van der Waals surface area contributed by atoms with Gasteiger partial charge in [0.15, 0.2) is 0 Å². The maximum absolute atomic E-state index is 12.8. The predicted octanol–water partition coefficient (Wildman–Crippen LogP) is 4.37. The van der Waals surface area contributed by atoms with Gasteiger partial charge in [0.2, 0.25) is 0 Å². The number of aromatic amines is 1. The van der Waals surface area contributed by atoms with E-state index >= 15 is 0 Å². The lowest BCUT2D eigenvalue weighted by Crippen LogP contribution is -2.43. The summed E-state index contributed by atoms with van der Waals surface area (Å²) in [6, 6.07) is 14.6. The first-order valence-corrected chi connectivity index (χ1v) is 9.92. The molecule has 1 amide bonds. The highest BCUT2D eigenvalue weighted by Gasteiger charge is 2.24. The van der Waals surface area contributed by atoms with Gasteiger partial charge >= 0.3 is 5.97 Å². The van der Waals surface area contributed by atoms with Crippen molar-refractivity contribution in [3.8, 4) is 0 Å². The van der Waals surface area contributed by atoms with Gasteiger partial charge in [-0.25, -0.2) is 4.79 Å². The lowest BCUT2D eigenvalue weighted by molar-refractivity contribution is -0.145. The first-order chi connectivity index (χ1) is 13.8. The van der Waals surface area contributed by atoms with Crippen LogP contribution in [0.2, 0.25) is 0 Å². The molecule has 3 aromatic rings. The molecule has 2 N–H and O–H groups in total. The minimum absolute atomic E-state index is 0.0117. The van der Waals surface area contributed by atoms with Crippen LogP contribution < -0.4 is 5.32 Å². The van der Waals surface area contributed by atoms with Gasteiger partial charge in [-0.15, -0.1) is 0 Å². The van der Waals surface area contributed by atoms with Gasteiger partial charge in [-0.05, 0) is 41.7 Å². The second-order valence-electron chi connectivity index (χ2n) is 8.17. The van der Waals surface area contributed by atoms with Crippen molar-refractivity contribution in [2.45, 2.75) is 45.6 Å². The fourth-order valence-electron chi connectivity index (χ4n) is 3.32. The van der Waals surface area contributed by atoms with Crippen LogP contribution in [-0.2, 0) is 21.4 Å². The molecule has 0 aliphatic heterocycles. The fourth-order valence-corrected chi connectivity index (χ4v) is 3.32. The van der Waals surface area contributed by atoms with Gasteiger partial charge in [-0.2, -0.15) is 0 Å². The summed E-state index contributed by atoms with van der Waals surface area (Å²) < 4.78 is 5.20. The number of carbonyl (C=O) groups excluding carboxylic acids is 2. The number of rotatable bonds is 6. The molecule has 0 saturated carbocycles. The number of aromatic nitrogens is 1. The second-order valence-corrected chi connectivity index (χ2v) is 8.17. The van der Waals surface area contributed by atoms with E-state index in [9.17, 15) is 9.59 Å². The Hall–Kier alpha value is -3.08. The Morgan fingerprint density at radius 2 is 1.76 bits per heavy atom. The Labute approximate surface area is 171 Å². The van der Waals surface area contributed by atoms with Gasteiger partial charge in [0.1, 0.15) is 6.04 Å². The Bertz CT molecular complexity index is 997. The summed E-state index contributed by atoms with van der Waals surface area (Å²) in [6.45, 7) is 8.40. The van der Waals surface area contributed by atoms with Crippen LogP contribution in [0, 0.1) is 0 Å². The molecule has 0 aliphatic rings. The molecule has 0 radical (unpaired) electrons. The number of benzene rings is 2. The van der Waals surface area contributed by atoms with E-state index in [-0.39, 0.29) is 17.9 Å². The van der Waals surface area contributed by atoms with Crippen LogP contribution >= 0.6 is 0 Å². The van der Waals surface area contributed by atoms with E-state index in [1.165, 1.54) is 0 Å². The molecule has 5 nitrogen and oxygen atoms in total. The van der Waals surface area contributed by atoms with Crippen LogP contribution in [0.3, 0.4) is 0 Å². The highest BCUT2D eigenvalue weighted by Crippen LogP contribution is 2.23. The molecule has 0 spiro atoms. The van der Waals surface area contributed by atoms with Crippen LogP contribution in [0.15, 0.2) is 54.7 Å². The smallest absolute Gasteiger partial charge is 0.328 e. The van der Waals surface area contributed by atoms with E-state index in [1.807, 2.05) is 42.6 Å². The van der Waals surface area contributed by atoms with Crippen LogP contribution in [0.1, 0.15) is 49.2 Å².